The van der Waals surface area contributed by atoms with Gasteiger partial charge < -0.3 is 4.74 Å². The Labute approximate surface area is 90.2 Å². The molecular formula is C12H16N2O. The molecule has 0 fully saturated rings. The molecule has 0 aliphatic carbocycles. The van der Waals surface area contributed by atoms with Gasteiger partial charge >= 0.3 is 0 Å². The Hall–Kier alpha value is -1.38. The third-order valence-electron chi connectivity index (χ3n) is 2.34. The topological polar surface area (TPSA) is 34.5 Å². The number of nitrogens with zero attached hydrogens (tertiary/aromatic N) is 2. The van der Waals surface area contributed by atoms with E-state index >= 15 is 0 Å². The third kappa shape index (κ3) is 2.55. The summed E-state index contributed by atoms with van der Waals surface area (Å²) in [6.07, 6.45) is 2.84. The minimum Gasteiger partial charge on any atom is -0.474 e. The van der Waals surface area contributed by atoms with Crippen molar-refractivity contribution in [3.05, 3.63) is 30.1 Å². The molecule has 2 heterocycles. The van der Waals surface area contributed by atoms with Crippen LogP contribution in [0.1, 0.15) is 26.0 Å². The van der Waals surface area contributed by atoms with E-state index in [0.29, 0.717) is 24.5 Å². The smallest absolute Gasteiger partial charge is 0.235 e. The lowest BCUT2D eigenvalue weighted by atomic mass is 10.1. The molecule has 3 nitrogen and oxygen atoms in total. The maximum Gasteiger partial charge on any atom is 0.235 e. The lowest BCUT2D eigenvalue weighted by Gasteiger charge is -2.06. The molecule has 1 atom stereocenters. The van der Waals surface area contributed by atoms with Gasteiger partial charge in [0.1, 0.15) is 12.3 Å². The summed E-state index contributed by atoms with van der Waals surface area (Å²) in [4.78, 5) is 8.75. The summed E-state index contributed by atoms with van der Waals surface area (Å²) >= 11 is 0. The molecule has 0 N–H and O–H groups in total. The fraction of sp³-hybridized carbons (Fsp3) is 0.500. The van der Waals surface area contributed by atoms with Crippen LogP contribution in [0, 0.1) is 5.92 Å². The lowest BCUT2D eigenvalue weighted by molar-refractivity contribution is 0.301. The van der Waals surface area contributed by atoms with Crippen molar-refractivity contribution < 1.29 is 4.74 Å². The van der Waals surface area contributed by atoms with Crippen LogP contribution in [0.5, 0.6) is 0 Å². The molecular weight excluding hydrogens is 188 g/mol. The van der Waals surface area contributed by atoms with Gasteiger partial charge in [-0.3, -0.25) is 4.98 Å². The van der Waals surface area contributed by atoms with Gasteiger partial charge in [-0.25, -0.2) is 4.99 Å². The maximum absolute atomic E-state index is 5.54. The zero-order chi connectivity index (χ0) is 10.7. The van der Waals surface area contributed by atoms with Crippen LogP contribution < -0.4 is 0 Å². The normalized spacial score (nSPS) is 20.2. The summed E-state index contributed by atoms with van der Waals surface area (Å²) in [5, 5.41) is 0. The summed E-state index contributed by atoms with van der Waals surface area (Å²) in [5.41, 5.74) is 0.837. The lowest BCUT2D eigenvalue weighted by Crippen LogP contribution is -2.09. The van der Waals surface area contributed by atoms with Gasteiger partial charge in [0.25, 0.3) is 0 Å². The molecule has 0 aromatic carbocycles. The van der Waals surface area contributed by atoms with Crippen LogP contribution in [-0.2, 0) is 4.74 Å². The molecule has 1 aromatic heterocycles. The Kier molecular flexibility index (Phi) is 2.99. The van der Waals surface area contributed by atoms with Crippen LogP contribution in [0.2, 0.25) is 0 Å². The van der Waals surface area contributed by atoms with Crippen molar-refractivity contribution >= 4 is 5.90 Å². The molecule has 0 spiro atoms. The second kappa shape index (κ2) is 4.43. The van der Waals surface area contributed by atoms with Crippen LogP contribution in [0.4, 0.5) is 0 Å². The molecule has 0 bridgehead atoms. The van der Waals surface area contributed by atoms with Crippen LogP contribution >= 0.6 is 0 Å². The van der Waals surface area contributed by atoms with Crippen molar-refractivity contribution in [1.82, 2.24) is 4.98 Å². The van der Waals surface area contributed by atoms with Crippen LogP contribution in [0.15, 0.2) is 29.4 Å². The second-order valence-corrected chi connectivity index (χ2v) is 4.24. The molecule has 1 aliphatic rings. The van der Waals surface area contributed by atoms with E-state index < -0.39 is 0 Å². The molecule has 2 rings (SSSR count). The molecule has 1 aromatic rings. The Morgan fingerprint density at radius 3 is 3.00 bits per heavy atom. The quantitative estimate of drug-likeness (QED) is 0.757. The Morgan fingerprint density at radius 1 is 1.47 bits per heavy atom. The average Bonchev–Trinajstić information content (AvgIpc) is 2.67. The van der Waals surface area contributed by atoms with Gasteiger partial charge in [0.05, 0.1) is 6.04 Å². The van der Waals surface area contributed by atoms with E-state index in [0.717, 1.165) is 12.1 Å². The van der Waals surface area contributed by atoms with E-state index in [1.165, 1.54) is 0 Å². The number of hydrogen-bond donors (Lipinski definition) is 0. The van der Waals surface area contributed by atoms with Gasteiger partial charge in [-0.1, -0.05) is 19.9 Å². The summed E-state index contributed by atoms with van der Waals surface area (Å²) in [6, 6.07) is 6.08. The number of aliphatic imine (C=N–C) groups is 1. The van der Waals surface area contributed by atoms with Crippen molar-refractivity contribution in [2.24, 2.45) is 10.9 Å². The Balaban J connectivity index is 2.07. The zero-order valence-corrected chi connectivity index (χ0v) is 9.18. The maximum atomic E-state index is 5.54. The van der Waals surface area contributed by atoms with Crippen molar-refractivity contribution in [2.45, 2.75) is 26.3 Å². The summed E-state index contributed by atoms with van der Waals surface area (Å²) in [7, 11) is 0. The zero-order valence-electron chi connectivity index (χ0n) is 9.18. The molecule has 1 aliphatic heterocycles. The van der Waals surface area contributed by atoms with Crippen LogP contribution in [0.25, 0.3) is 0 Å². The molecule has 0 saturated carbocycles. The van der Waals surface area contributed by atoms with Crippen molar-refractivity contribution in [1.29, 1.82) is 0 Å². The minimum atomic E-state index is 0.307. The molecule has 80 valence electrons. The predicted molar refractivity (Wildman–Crippen MR) is 60.0 cm³/mol. The van der Waals surface area contributed by atoms with Crippen molar-refractivity contribution in [2.75, 3.05) is 6.61 Å². The van der Waals surface area contributed by atoms with E-state index in [4.69, 9.17) is 4.74 Å². The Morgan fingerprint density at radius 2 is 2.33 bits per heavy atom. The van der Waals surface area contributed by atoms with E-state index in [9.17, 15) is 0 Å². The second-order valence-electron chi connectivity index (χ2n) is 4.24. The standard InChI is InChI=1S/C12H16N2O/c1-9(2)7-10-8-15-12(14-10)11-5-3-4-6-13-11/h3-6,9-10H,7-8H2,1-2H3/t10-/m0/s1. The number of pyridine rings is 1. The fourth-order valence-electron chi connectivity index (χ4n) is 1.71. The molecule has 0 amide bonds. The summed E-state index contributed by atoms with van der Waals surface area (Å²) < 4.78 is 5.54. The first kappa shape index (κ1) is 10.1. The highest BCUT2D eigenvalue weighted by Gasteiger charge is 2.21. The highest BCUT2D eigenvalue weighted by atomic mass is 16.5. The van der Waals surface area contributed by atoms with Crippen molar-refractivity contribution in [3.63, 3.8) is 0 Å². The number of aromatic nitrogens is 1. The van der Waals surface area contributed by atoms with Crippen LogP contribution in [0.3, 0.4) is 0 Å². The van der Waals surface area contributed by atoms with E-state index in [2.05, 4.69) is 23.8 Å². The van der Waals surface area contributed by atoms with Crippen LogP contribution in [-0.4, -0.2) is 23.5 Å². The number of hydrogen-bond acceptors (Lipinski definition) is 3. The summed E-state index contributed by atoms with van der Waals surface area (Å²) in [6.45, 7) is 5.10. The van der Waals surface area contributed by atoms with Crippen molar-refractivity contribution in [3.8, 4) is 0 Å². The first-order valence-corrected chi connectivity index (χ1v) is 5.37. The van der Waals surface area contributed by atoms with Gasteiger partial charge in [0, 0.05) is 6.20 Å². The van der Waals surface area contributed by atoms with Gasteiger partial charge in [-0.2, -0.15) is 0 Å². The first-order chi connectivity index (χ1) is 7.25. The van der Waals surface area contributed by atoms with E-state index in [1.807, 2.05) is 18.2 Å². The summed E-state index contributed by atoms with van der Waals surface area (Å²) in [5.74, 6) is 1.35. The minimum absolute atomic E-state index is 0.307. The number of rotatable bonds is 3. The number of ether oxygens (including phenoxy) is 1. The molecule has 0 saturated heterocycles. The monoisotopic (exact) mass is 204 g/mol. The van der Waals surface area contributed by atoms with Gasteiger partial charge in [-0.15, -0.1) is 0 Å². The fourth-order valence-corrected chi connectivity index (χ4v) is 1.71. The largest absolute Gasteiger partial charge is 0.474 e. The van der Waals surface area contributed by atoms with E-state index in [-0.39, 0.29) is 0 Å². The molecule has 0 radical (unpaired) electrons. The highest BCUT2D eigenvalue weighted by Crippen LogP contribution is 2.16. The molecule has 3 heteroatoms. The van der Waals surface area contributed by atoms with Gasteiger partial charge in [0.15, 0.2) is 0 Å². The SMILES string of the molecule is CC(C)C[C@H]1COC(c2ccccn2)=N1. The van der Waals surface area contributed by atoms with E-state index in [1.54, 1.807) is 6.20 Å². The van der Waals surface area contributed by atoms with Gasteiger partial charge in [-0.05, 0) is 24.5 Å². The predicted octanol–water partition coefficient (Wildman–Crippen LogP) is 2.27. The van der Waals surface area contributed by atoms with Gasteiger partial charge in [0.2, 0.25) is 5.90 Å². The highest BCUT2D eigenvalue weighted by molar-refractivity contribution is 5.93. The first-order valence-electron chi connectivity index (χ1n) is 5.37. The Bertz CT molecular complexity index is 346. The average molecular weight is 204 g/mol. The molecule has 0 unspecified atom stereocenters. The molecule has 15 heavy (non-hydrogen) atoms. The third-order valence-corrected chi connectivity index (χ3v) is 2.34.